The van der Waals surface area contributed by atoms with E-state index < -0.39 is 11.2 Å². The van der Waals surface area contributed by atoms with Gasteiger partial charge in [0.15, 0.2) is 5.65 Å². The monoisotopic (exact) mass is 539 g/mol. The predicted molar refractivity (Wildman–Crippen MR) is 143 cm³/mol. The minimum Gasteiger partial charge on any atom is -0.354 e. The fraction of sp³-hybridized carbons (Fsp3) is 0.481. The van der Waals surface area contributed by atoms with Crippen molar-refractivity contribution in [2.75, 3.05) is 49.6 Å². The Morgan fingerprint density at radius 3 is 2.61 bits per heavy atom. The van der Waals surface area contributed by atoms with Crippen molar-refractivity contribution in [3.63, 3.8) is 0 Å². The predicted octanol–water partition coefficient (Wildman–Crippen LogP) is 3.37. The Morgan fingerprint density at radius 1 is 1.11 bits per heavy atom. The maximum atomic E-state index is 13.5. The average molecular weight is 540 g/mol. The Balaban J connectivity index is 1.11. The number of benzene rings is 1. The molecule has 2 aliphatic heterocycles. The number of piperazine rings is 1. The van der Waals surface area contributed by atoms with Crippen LogP contribution in [0.5, 0.6) is 0 Å². The second-order valence-electron chi connectivity index (χ2n) is 10.7. The first-order valence-corrected chi connectivity index (χ1v) is 13.6. The first-order valence-electron chi connectivity index (χ1n) is 13.2. The van der Waals surface area contributed by atoms with Gasteiger partial charge in [0.1, 0.15) is 17.2 Å². The summed E-state index contributed by atoms with van der Waals surface area (Å²) in [5.41, 5.74) is 1.10. The van der Waals surface area contributed by atoms with Crippen LogP contribution in [0.1, 0.15) is 42.5 Å². The SMILES string of the molecule is CN1CCN(c2ccn3ncc(C(=O)N[C@H]4CC[C@@]5(CCN(c6ccc(F)cc6Cl)C5=O)CC4)c3n2)CC1. The molecule has 4 heterocycles. The summed E-state index contributed by atoms with van der Waals surface area (Å²) < 4.78 is 15.1. The lowest BCUT2D eigenvalue weighted by Crippen LogP contribution is -2.45. The molecule has 1 saturated carbocycles. The highest BCUT2D eigenvalue weighted by molar-refractivity contribution is 6.34. The number of carbonyl (C=O) groups is 2. The number of nitrogens with zero attached hydrogens (tertiary/aromatic N) is 6. The van der Waals surface area contributed by atoms with Crippen molar-refractivity contribution in [3.8, 4) is 0 Å². The Labute approximate surface area is 225 Å². The van der Waals surface area contributed by atoms with Gasteiger partial charge in [-0.1, -0.05) is 11.6 Å². The molecule has 9 nitrogen and oxygen atoms in total. The maximum absolute atomic E-state index is 13.5. The largest absolute Gasteiger partial charge is 0.354 e. The van der Waals surface area contributed by atoms with Crippen LogP contribution in [-0.2, 0) is 4.79 Å². The van der Waals surface area contributed by atoms with Gasteiger partial charge in [-0.3, -0.25) is 9.59 Å². The molecule has 2 amide bonds. The van der Waals surface area contributed by atoms with Gasteiger partial charge in [0, 0.05) is 45.0 Å². The molecule has 3 aromatic rings. The summed E-state index contributed by atoms with van der Waals surface area (Å²) >= 11 is 6.23. The van der Waals surface area contributed by atoms with Crippen LogP contribution in [0.25, 0.3) is 5.65 Å². The number of aromatic nitrogens is 3. The summed E-state index contributed by atoms with van der Waals surface area (Å²) in [6.07, 6.45) is 6.94. The second kappa shape index (κ2) is 9.81. The molecule has 0 unspecified atom stereocenters. The zero-order valence-electron chi connectivity index (χ0n) is 21.4. The third kappa shape index (κ3) is 4.49. The molecule has 1 aromatic carbocycles. The van der Waals surface area contributed by atoms with Crippen molar-refractivity contribution in [2.24, 2.45) is 5.41 Å². The molecule has 0 radical (unpaired) electrons. The molecule has 0 bridgehead atoms. The van der Waals surface area contributed by atoms with Gasteiger partial charge in [-0.05, 0) is 63.4 Å². The van der Waals surface area contributed by atoms with E-state index in [-0.39, 0.29) is 22.9 Å². The molecule has 0 atom stereocenters. The van der Waals surface area contributed by atoms with Crippen LogP contribution in [0.3, 0.4) is 0 Å². The number of carbonyl (C=O) groups excluding carboxylic acids is 2. The minimum atomic E-state index is -0.456. The lowest BCUT2D eigenvalue weighted by atomic mass is 9.71. The molecule has 1 aliphatic carbocycles. The van der Waals surface area contributed by atoms with Gasteiger partial charge in [0.25, 0.3) is 5.91 Å². The van der Waals surface area contributed by atoms with Gasteiger partial charge in [-0.2, -0.15) is 5.10 Å². The van der Waals surface area contributed by atoms with Crippen LogP contribution in [0, 0.1) is 11.2 Å². The third-order valence-electron chi connectivity index (χ3n) is 8.42. The smallest absolute Gasteiger partial charge is 0.256 e. The standard InChI is InChI=1S/C27H31ClFN7O2/c1-33-12-14-34(15-13-33)23-6-10-36-24(32-23)20(17-30-36)25(37)31-19-4-7-27(8-5-19)9-11-35(26(27)38)22-3-2-18(29)16-21(22)28/h2-3,6,10,16-17,19H,4-5,7-9,11-15H2,1H3,(H,31,37)/t19-,27-. The van der Waals surface area contributed by atoms with E-state index in [1.807, 2.05) is 12.3 Å². The van der Waals surface area contributed by atoms with E-state index in [2.05, 4.69) is 27.3 Å². The number of amides is 2. The van der Waals surface area contributed by atoms with Crippen molar-refractivity contribution >= 4 is 40.6 Å². The zero-order valence-corrected chi connectivity index (χ0v) is 22.1. The van der Waals surface area contributed by atoms with Gasteiger partial charge in [-0.25, -0.2) is 13.9 Å². The fourth-order valence-electron chi connectivity index (χ4n) is 6.02. The highest BCUT2D eigenvalue weighted by Gasteiger charge is 2.49. The number of likely N-dealkylation sites (N-methyl/N-ethyl adjacent to an activating group) is 1. The Morgan fingerprint density at radius 2 is 1.87 bits per heavy atom. The van der Waals surface area contributed by atoms with Crippen LogP contribution >= 0.6 is 11.6 Å². The van der Waals surface area contributed by atoms with Crippen molar-refractivity contribution in [2.45, 2.75) is 38.1 Å². The third-order valence-corrected chi connectivity index (χ3v) is 8.72. The fourth-order valence-corrected chi connectivity index (χ4v) is 6.29. The van der Waals surface area contributed by atoms with E-state index in [0.717, 1.165) is 38.4 Å². The molecule has 3 aliphatic rings. The molecule has 1 spiro atoms. The normalized spacial score (nSPS) is 24.5. The first-order chi connectivity index (χ1) is 18.3. The van der Waals surface area contributed by atoms with Crippen LogP contribution in [-0.4, -0.2) is 77.1 Å². The van der Waals surface area contributed by atoms with Crippen molar-refractivity contribution in [1.82, 2.24) is 24.8 Å². The quantitative estimate of drug-likeness (QED) is 0.547. The molecule has 200 valence electrons. The van der Waals surface area contributed by atoms with Gasteiger partial charge in [-0.15, -0.1) is 0 Å². The number of anilines is 2. The summed E-state index contributed by atoms with van der Waals surface area (Å²) in [5.74, 6) is 0.277. The highest BCUT2D eigenvalue weighted by Crippen LogP contribution is 2.47. The summed E-state index contributed by atoms with van der Waals surface area (Å²) in [5, 5.41) is 7.73. The molecule has 2 saturated heterocycles. The Kier molecular flexibility index (Phi) is 6.47. The van der Waals surface area contributed by atoms with Gasteiger partial charge < -0.3 is 20.0 Å². The highest BCUT2D eigenvalue weighted by atomic mass is 35.5. The van der Waals surface area contributed by atoms with Gasteiger partial charge >= 0.3 is 0 Å². The van der Waals surface area contributed by atoms with Crippen LogP contribution in [0.4, 0.5) is 15.9 Å². The van der Waals surface area contributed by atoms with Crippen molar-refractivity contribution < 1.29 is 14.0 Å². The van der Waals surface area contributed by atoms with Crippen LogP contribution in [0.2, 0.25) is 5.02 Å². The number of halogens is 2. The number of hydrogen-bond donors (Lipinski definition) is 1. The van der Waals surface area contributed by atoms with Crippen molar-refractivity contribution in [1.29, 1.82) is 0 Å². The molecular formula is C27H31ClFN7O2. The number of hydrogen-bond acceptors (Lipinski definition) is 6. The molecule has 2 aromatic heterocycles. The minimum absolute atomic E-state index is 0.0276. The van der Waals surface area contributed by atoms with E-state index >= 15 is 0 Å². The molecule has 11 heteroatoms. The molecule has 6 rings (SSSR count). The van der Waals surface area contributed by atoms with Gasteiger partial charge in [0.2, 0.25) is 5.91 Å². The topological polar surface area (TPSA) is 86.1 Å². The Bertz CT molecular complexity index is 1380. The van der Waals surface area contributed by atoms with E-state index in [0.29, 0.717) is 49.1 Å². The molecule has 1 N–H and O–H groups in total. The summed E-state index contributed by atoms with van der Waals surface area (Å²) in [4.78, 5) is 37.7. The van der Waals surface area contributed by atoms with E-state index in [9.17, 15) is 14.0 Å². The van der Waals surface area contributed by atoms with E-state index in [1.54, 1.807) is 21.7 Å². The van der Waals surface area contributed by atoms with Crippen molar-refractivity contribution in [3.05, 3.63) is 53.1 Å². The van der Waals surface area contributed by atoms with E-state index in [4.69, 9.17) is 16.6 Å². The Hall–Kier alpha value is -3.24. The number of fused-ring (bicyclic) bond motifs is 1. The molecule has 3 fully saturated rings. The van der Waals surface area contributed by atoms with Gasteiger partial charge in [0.05, 0.1) is 22.3 Å². The van der Waals surface area contributed by atoms with Crippen LogP contribution in [0.15, 0.2) is 36.7 Å². The molecular weight excluding hydrogens is 509 g/mol. The average Bonchev–Trinajstić information content (AvgIpc) is 3.47. The number of nitrogens with one attached hydrogen (secondary N) is 1. The lowest BCUT2D eigenvalue weighted by molar-refractivity contribution is -0.127. The maximum Gasteiger partial charge on any atom is 0.256 e. The first kappa shape index (κ1) is 25.1. The second-order valence-corrected chi connectivity index (χ2v) is 11.1. The lowest BCUT2D eigenvalue weighted by Gasteiger charge is -2.36. The zero-order chi connectivity index (χ0) is 26.4. The summed E-state index contributed by atoms with van der Waals surface area (Å²) in [6.45, 7) is 4.29. The molecule has 38 heavy (non-hydrogen) atoms. The summed E-state index contributed by atoms with van der Waals surface area (Å²) in [6, 6.07) is 6.05. The summed E-state index contributed by atoms with van der Waals surface area (Å²) in [7, 11) is 2.11. The van der Waals surface area contributed by atoms with E-state index in [1.165, 1.54) is 12.1 Å². The van der Waals surface area contributed by atoms with Crippen LogP contribution < -0.4 is 15.1 Å². The number of rotatable bonds is 4.